The Morgan fingerprint density at radius 3 is 3.00 bits per heavy atom. The van der Waals surface area contributed by atoms with Crippen LogP contribution in [0.25, 0.3) is 0 Å². The largest absolute Gasteiger partial charge is 0.491 e. The lowest BCUT2D eigenvalue weighted by atomic mass is 10.3. The lowest BCUT2D eigenvalue weighted by Gasteiger charge is -2.07. The molecule has 0 spiro atoms. The molecule has 16 heavy (non-hydrogen) atoms. The van der Waals surface area contributed by atoms with Gasteiger partial charge in [-0.3, -0.25) is 4.79 Å². The Labute approximate surface area is 94.9 Å². The quantitative estimate of drug-likeness (QED) is 0.589. The van der Waals surface area contributed by atoms with E-state index in [0.29, 0.717) is 24.7 Å². The standard InChI is InChI=1S/C12H15NO3/c1-3-12(14)13-10-5-4-6-11(9-10)16-8-7-15-2/h3-6,9H,1,7-8H2,2H3,(H,13,14). The molecule has 1 aromatic rings. The van der Waals surface area contributed by atoms with Crippen LogP contribution in [0.3, 0.4) is 0 Å². The maximum absolute atomic E-state index is 11.1. The molecule has 0 saturated heterocycles. The van der Waals surface area contributed by atoms with Gasteiger partial charge in [0, 0.05) is 18.9 Å². The van der Waals surface area contributed by atoms with Crippen LogP contribution in [-0.2, 0) is 9.53 Å². The van der Waals surface area contributed by atoms with Crippen molar-refractivity contribution in [1.29, 1.82) is 0 Å². The lowest BCUT2D eigenvalue weighted by Crippen LogP contribution is -2.08. The molecule has 0 aliphatic heterocycles. The number of methoxy groups -OCH3 is 1. The minimum atomic E-state index is -0.242. The Kier molecular flexibility index (Phi) is 5.08. The first-order valence-corrected chi connectivity index (χ1v) is 4.91. The molecule has 0 aliphatic rings. The third kappa shape index (κ3) is 4.14. The maximum atomic E-state index is 11.1. The van der Waals surface area contributed by atoms with Crippen molar-refractivity contribution in [2.45, 2.75) is 0 Å². The van der Waals surface area contributed by atoms with Crippen LogP contribution in [0.5, 0.6) is 5.75 Å². The fourth-order valence-electron chi connectivity index (χ4n) is 1.10. The summed E-state index contributed by atoms with van der Waals surface area (Å²) >= 11 is 0. The lowest BCUT2D eigenvalue weighted by molar-refractivity contribution is -0.111. The number of amides is 1. The van der Waals surface area contributed by atoms with Crippen LogP contribution in [0, 0.1) is 0 Å². The van der Waals surface area contributed by atoms with Gasteiger partial charge >= 0.3 is 0 Å². The van der Waals surface area contributed by atoms with Crippen molar-refractivity contribution in [3.05, 3.63) is 36.9 Å². The summed E-state index contributed by atoms with van der Waals surface area (Å²) in [4.78, 5) is 11.1. The van der Waals surface area contributed by atoms with Gasteiger partial charge in [-0.25, -0.2) is 0 Å². The molecule has 4 nitrogen and oxygen atoms in total. The molecule has 0 bridgehead atoms. The molecule has 1 aromatic carbocycles. The molecular formula is C12H15NO3. The van der Waals surface area contributed by atoms with E-state index in [-0.39, 0.29) is 5.91 Å². The molecule has 4 heteroatoms. The number of carbonyl (C=O) groups is 1. The zero-order chi connectivity index (χ0) is 11.8. The molecule has 0 aliphatic carbocycles. The minimum Gasteiger partial charge on any atom is -0.491 e. The van der Waals surface area contributed by atoms with Crippen LogP contribution in [0.4, 0.5) is 5.69 Å². The molecule has 0 heterocycles. The van der Waals surface area contributed by atoms with E-state index >= 15 is 0 Å². The van der Waals surface area contributed by atoms with E-state index in [1.54, 1.807) is 25.3 Å². The molecule has 1 rings (SSSR count). The van der Waals surface area contributed by atoms with E-state index in [4.69, 9.17) is 9.47 Å². The van der Waals surface area contributed by atoms with Crippen LogP contribution in [-0.4, -0.2) is 26.2 Å². The van der Waals surface area contributed by atoms with E-state index in [0.717, 1.165) is 0 Å². The van der Waals surface area contributed by atoms with Crippen LogP contribution in [0.2, 0.25) is 0 Å². The van der Waals surface area contributed by atoms with Crippen molar-refractivity contribution in [1.82, 2.24) is 0 Å². The monoisotopic (exact) mass is 221 g/mol. The van der Waals surface area contributed by atoms with E-state index in [2.05, 4.69) is 11.9 Å². The second-order valence-electron chi connectivity index (χ2n) is 3.06. The van der Waals surface area contributed by atoms with Gasteiger partial charge in [0.15, 0.2) is 0 Å². The first kappa shape index (κ1) is 12.3. The highest BCUT2D eigenvalue weighted by molar-refractivity contribution is 5.98. The summed E-state index contributed by atoms with van der Waals surface area (Å²) in [5, 5.41) is 2.65. The summed E-state index contributed by atoms with van der Waals surface area (Å²) in [5.74, 6) is 0.452. The summed E-state index contributed by atoms with van der Waals surface area (Å²) in [7, 11) is 1.62. The number of rotatable bonds is 6. The average Bonchev–Trinajstić information content (AvgIpc) is 2.30. The molecule has 0 radical (unpaired) electrons. The van der Waals surface area contributed by atoms with Gasteiger partial charge < -0.3 is 14.8 Å². The van der Waals surface area contributed by atoms with Crippen LogP contribution in [0.15, 0.2) is 36.9 Å². The average molecular weight is 221 g/mol. The predicted molar refractivity (Wildman–Crippen MR) is 62.6 cm³/mol. The molecule has 1 N–H and O–H groups in total. The smallest absolute Gasteiger partial charge is 0.247 e. The van der Waals surface area contributed by atoms with E-state index in [1.807, 2.05) is 6.07 Å². The SMILES string of the molecule is C=CC(=O)Nc1cccc(OCCOC)c1. The van der Waals surface area contributed by atoms with Gasteiger partial charge in [0.25, 0.3) is 0 Å². The summed E-state index contributed by atoms with van der Waals surface area (Å²) in [6, 6.07) is 7.15. The molecule has 0 unspecified atom stereocenters. The molecule has 0 fully saturated rings. The predicted octanol–water partition coefficient (Wildman–Crippen LogP) is 1.84. The number of benzene rings is 1. The highest BCUT2D eigenvalue weighted by atomic mass is 16.5. The van der Waals surface area contributed by atoms with Gasteiger partial charge in [0.05, 0.1) is 6.61 Å². The maximum Gasteiger partial charge on any atom is 0.247 e. The van der Waals surface area contributed by atoms with E-state index in [1.165, 1.54) is 6.08 Å². The summed E-state index contributed by atoms with van der Waals surface area (Å²) in [5.41, 5.74) is 0.680. The Bertz CT molecular complexity index is 363. The topological polar surface area (TPSA) is 47.6 Å². The van der Waals surface area contributed by atoms with Gasteiger partial charge in [-0.1, -0.05) is 12.6 Å². The summed E-state index contributed by atoms with van der Waals surface area (Å²) < 4.78 is 10.3. The first-order valence-electron chi connectivity index (χ1n) is 4.91. The molecule has 0 saturated carbocycles. The van der Waals surface area contributed by atoms with Crippen LogP contribution in [0.1, 0.15) is 0 Å². The number of anilines is 1. The highest BCUT2D eigenvalue weighted by Crippen LogP contribution is 2.17. The van der Waals surface area contributed by atoms with Crippen LogP contribution < -0.4 is 10.1 Å². The number of hydrogen-bond donors (Lipinski definition) is 1. The van der Waals surface area contributed by atoms with Crippen molar-refractivity contribution in [3.63, 3.8) is 0 Å². The van der Waals surface area contributed by atoms with Gasteiger partial charge in [0.2, 0.25) is 5.91 Å². The zero-order valence-electron chi connectivity index (χ0n) is 9.23. The van der Waals surface area contributed by atoms with Crippen molar-refractivity contribution in [2.75, 3.05) is 25.6 Å². The van der Waals surface area contributed by atoms with Crippen molar-refractivity contribution in [3.8, 4) is 5.75 Å². The number of carbonyl (C=O) groups excluding carboxylic acids is 1. The normalized spacial score (nSPS) is 9.56. The fourth-order valence-corrected chi connectivity index (χ4v) is 1.10. The van der Waals surface area contributed by atoms with Crippen molar-refractivity contribution in [2.24, 2.45) is 0 Å². The molecule has 0 aromatic heterocycles. The minimum absolute atomic E-state index is 0.242. The van der Waals surface area contributed by atoms with Crippen LogP contribution >= 0.6 is 0 Å². The third-order valence-corrected chi connectivity index (χ3v) is 1.84. The summed E-state index contributed by atoms with van der Waals surface area (Å²) in [6.07, 6.45) is 1.22. The molecule has 0 atom stereocenters. The zero-order valence-corrected chi connectivity index (χ0v) is 9.23. The second-order valence-corrected chi connectivity index (χ2v) is 3.06. The highest BCUT2D eigenvalue weighted by Gasteiger charge is 1.99. The number of hydrogen-bond acceptors (Lipinski definition) is 3. The van der Waals surface area contributed by atoms with Gasteiger partial charge in [0.1, 0.15) is 12.4 Å². The first-order chi connectivity index (χ1) is 7.76. The number of ether oxygens (including phenoxy) is 2. The molecule has 86 valence electrons. The van der Waals surface area contributed by atoms with Gasteiger partial charge in [-0.05, 0) is 18.2 Å². The Hall–Kier alpha value is -1.81. The second kappa shape index (κ2) is 6.63. The molecule has 1 amide bonds. The number of nitrogens with one attached hydrogen (secondary N) is 1. The Morgan fingerprint density at radius 1 is 1.50 bits per heavy atom. The van der Waals surface area contributed by atoms with E-state index in [9.17, 15) is 4.79 Å². The third-order valence-electron chi connectivity index (χ3n) is 1.84. The van der Waals surface area contributed by atoms with Gasteiger partial charge in [-0.2, -0.15) is 0 Å². The Morgan fingerprint density at radius 2 is 2.31 bits per heavy atom. The molecular weight excluding hydrogens is 206 g/mol. The fraction of sp³-hybridized carbons (Fsp3) is 0.250. The van der Waals surface area contributed by atoms with E-state index < -0.39 is 0 Å². The summed E-state index contributed by atoms with van der Waals surface area (Å²) in [6.45, 7) is 4.39. The van der Waals surface area contributed by atoms with Crippen molar-refractivity contribution >= 4 is 11.6 Å². The Balaban J connectivity index is 2.56. The van der Waals surface area contributed by atoms with Crippen molar-refractivity contribution < 1.29 is 14.3 Å². The van der Waals surface area contributed by atoms with Gasteiger partial charge in [-0.15, -0.1) is 0 Å².